The van der Waals surface area contributed by atoms with Gasteiger partial charge in [-0.25, -0.2) is 0 Å². The van der Waals surface area contributed by atoms with Crippen molar-refractivity contribution in [3.05, 3.63) is 0 Å². The lowest BCUT2D eigenvalue weighted by atomic mass is 9.63. The molecule has 0 aromatic rings. The maximum absolute atomic E-state index is 12.0. The molecule has 0 aliphatic heterocycles. The highest BCUT2D eigenvalue weighted by Crippen LogP contribution is 2.47. The van der Waals surface area contributed by atoms with E-state index >= 15 is 0 Å². The zero-order chi connectivity index (χ0) is 13.3. The van der Waals surface area contributed by atoms with Crippen molar-refractivity contribution >= 4 is 5.97 Å². The van der Waals surface area contributed by atoms with Gasteiger partial charge in [-0.2, -0.15) is 0 Å². The average Bonchev–Trinajstić information content (AvgIpc) is 2.21. The van der Waals surface area contributed by atoms with Gasteiger partial charge >= 0.3 is 5.97 Å². The van der Waals surface area contributed by atoms with E-state index in [1.807, 2.05) is 13.8 Å². The topological polar surface area (TPSA) is 26.3 Å². The Hall–Kier alpha value is -0.530. The molecule has 0 spiro atoms. The van der Waals surface area contributed by atoms with E-state index in [4.69, 9.17) is 4.74 Å². The molecule has 100 valence electrons. The van der Waals surface area contributed by atoms with Crippen molar-refractivity contribution in [3.8, 4) is 0 Å². The highest BCUT2D eigenvalue weighted by molar-refractivity contribution is 5.72. The van der Waals surface area contributed by atoms with E-state index in [1.54, 1.807) is 0 Å². The summed E-state index contributed by atoms with van der Waals surface area (Å²) in [4.78, 5) is 12.0. The van der Waals surface area contributed by atoms with E-state index in [-0.39, 0.29) is 28.8 Å². The van der Waals surface area contributed by atoms with Crippen molar-refractivity contribution in [2.75, 3.05) is 0 Å². The van der Waals surface area contributed by atoms with Gasteiger partial charge in [0, 0.05) is 10.8 Å². The molecule has 1 aliphatic carbocycles. The second-order valence-electron chi connectivity index (χ2n) is 6.96. The molecule has 1 saturated carbocycles. The molecule has 0 heterocycles. The van der Waals surface area contributed by atoms with Crippen molar-refractivity contribution in [3.63, 3.8) is 0 Å². The van der Waals surface area contributed by atoms with Crippen molar-refractivity contribution in [2.45, 2.75) is 73.3 Å². The molecule has 17 heavy (non-hydrogen) atoms. The minimum absolute atomic E-state index is 0.0172. The van der Waals surface area contributed by atoms with Gasteiger partial charge < -0.3 is 4.74 Å². The van der Waals surface area contributed by atoms with Crippen LogP contribution in [0.4, 0.5) is 0 Å². The Balaban J connectivity index is 2.80. The predicted molar refractivity (Wildman–Crippen MR) is 70.7 cm³/mol. The van der Waals surface area contributed by atoms with Gasteiger partial charge in [0.15, 0.2) is 0 Å². The van der Waals surface area contributed by atoms with E-state index in [1.165, 1.54) is 6.42 Å². The third kappa shape index (κ3) is 3.23. The van der Waals surface area contributed by atoms with Gasteiger partial charge in [-0.05, 0) is 19.3 Å². The monoisotopic (exact) mass is 240 g/mol. The summed E-state index contributed by atoms with van der Waals surface area (Å²) in [7, 11) is 0. The fourth-order valence-electron chi connectivity index (χ4n) is 3.04. The summed E-state index contributed by atoms with van der Waals surface area (Å²) in [6, 6.07) is 0. The Morgan fingerprint density at radius 3 is 2.12 bits per heavy atom. The van der Waals surface area contributed by atoms with Crippen LogP contribution < -0.4 is 0 Å². The summed E-state index contributed by atoms with van der Waals surface area (Å²) >= 11 is 0. The minimum Gasteiger partial charge on any atom is -0.461 e. The number of carbonyl (C=O) groups is 1. The molecule has 2 heteroatoms. The number of ether oxygens (including phenoxy) is 1. The Labute approximate surface area is 106 Å². The maximum Gasteiger partial charge on any atom is 0.308 e. The Morgan fingerprint density at radius 1 is 1.24 bits per heavy atom. The molecule has 0 amide bonds. The largest absolute Gasteiger partial charge is 0.461 e. The summed E-state index contributed by atoms with van der Waals surface area (Å²) in [6.45, 7) is 12.9. The van der Waals surface area contributed by atoms with Crippen LogP contribution in [0, 0.1) is 16.7 Å². The summed E-state index contributed by atoms with van der Waals surface area (Å²) < 4.78 is 5.84. The van der Waals surface area contributed by atoms with Crippen LogP contribution in [-0.2, 0) is 9.53 Å². The molecule has 0 bridgehead atoms. The molecule has 1 unspecified atom stereocenters. The Bertz CT molecular complexity index is 263. The van der Waals surface area contributed by atoms with Crippen molar-refractivity contribution in [1.29, 1.82) is 0 Å². The van der Waals surface area contributed by atoms with Gasteiger partial charge in [0.2, 0.25) is 0 Å². The first-order valence-electron chi connectivity index (χ1n) is 6.91. The standard InChI is InChI=1S/C15H28O2/c1-7-11(2)12(16)17-13-14(3,4)9-8-10-15(13,5)6/h11,13H,7-10H2,1-6H3. The Kier molecular flexibility index (Phi) is 4.27. The summed E-state index contributed by atoms with van der Waals surface area (Å²) in [6.07, 6.45) is 4.43. The van der Waals surface area contributed by atoms with Gasteiger partial charge in [0.25, 0.3) is 0 Å². The Morgan fingerprint density at radius 2 is 1.71 bits per heavy atom. The third-order valence-corrected chi connectivity index (χ3v) is 4.31. The summed E-state index contributed by atoms with van der Waals surface area (Å²) in [5, 5.41) is 0. The first kappa shape index (κ1) is 14.5. The predicted octanol–water partition coefficient (Wildman–Crippen LogP) is 4.18. The first-order valence-corrected chi connectivity index (χ1v) is 6.91. The second kappa shape index (κ2) is 4.99. The van der Waals surface area contributed by atoms with Gasteiger partial charge in [-0.3, -0.25) is 4.79 Å². The van der Waals surface area contributed by atoms with Crippen LogP contribution >= 0.6 is 0 Å². The van der Waals surface area contributed by atoms with Crippen molar-refractivity contribution in [2.24, 2.45) is 16.7 Å². The molecule has 1 aliphatic rings. The van der Waals surface area contributed by atoms with Crippen LogP contribution in [-0.4, -0.2) is 12.1 Å². The van der Waals surface area contributed by atoms with Crippen LogP contribution in [0.15, 0.2) is 0 Å². The lowest BCUT2D eigenvalue weighted by molar-refractivity contribution is -0.176. The van der Waals surface area contributed by atoms with Gasteiger partial charge in [-0.1, -0.05) is 48.0 Å². The van der Waals surface area contributed by atoms with Crippen LogP contribution in [0.25, 0.3) is 0 Å². The first-order chi connectivity index (χ1) is 7.70. The number of carbonyl (C=O) groups excluding carboxylic acids is 1. The fourth-order valence-corrected chi connectivity index (χ4v) is 3.04. The van der Waals surface area contributed by atoms with Crippen LogP contribution in [0.3, 0.4) is 0 Å². The molecule has 0 N–H and O–H groups in total. The van der Waals surface area contributed by atoms with Crippen molar-refractivity contribution in [1.82, 2.24) is 0 Å². The minimum atomic E-state index is -0.0273. The summed E-state index contributed by atoms with van der Waals surface area (Å²) in [5.74, 6) is -0.0101. The molecule has 2 nitrogen and oxygen atoms in total. The number of rotatable bonds is 3. The fraction of sp³-hybridized carbons (Fsp3) is 0.933. The zero-order valence-electron chi connectivity index (χ0n) is 12.3. The van der Waals surface area contributed by atoms with Gasteiger partial charge in [-0.15, -0.1) is 0 Å². The molecule has 1 rings (SSSR count). The SMILES string of the molecule is CCC(C)C(=O)OC1C(C)(C)CCCC1(C)C. The van der Waals surface area contributed by atoms with E-state index in [2.05, 4.69) is 27.7 Å². The molecule has 0 aromatic heterocycles. The molecular weight excluding hydrogens is 212 g/mol. The van der Waals surface area contributed by atoms with E-state index in [0.29, 0.717) is 0 Å². The smallest absolute Gasteiger partial charge is 0.308 e. The quantitative estimate of drug-likeness (QED) is 0.692. The van der Waals surface area contributed by atoms with E-state index in [9.17, 15) is 4.79 Å². The molecule has 1 fully saturated rings. The van der Waals surface area contributed by atoms with E-state index in [0.717, 1.165) is 19.3 Å². The molecular formula is C15H28O2. The lowest BCUT2D eigenvalue weighted by Gasteiger charge is -2.48. The average molecular weight is 240 g/mol. The van der Waals surface area contributed by atoms with Crippen LogP contribution in [0.2, 0.25) is 0 Å². The van der Waals surface area contributed by atoms with E-state index < -0.39 is 0 Å². The van der Waals surface area contributed by atoms with Crippen LogP contribution in [0.1, 0.15) is 67.2 Å². The van der Waals surface area contributed by atoms with Gasteiger partial charge in [0.1, 0.15) is 6.10 Å². The normalized spacial score (nSPS) is 25.3. The maximum atomic E-state index is 12.0. The molecule has 0 radical (unpaired) electrons. The summed E-state index contributed by atoms with van der Waals surface area (Å²) in [5.41, 5.74) is 0.204. The highest BCUT2D eigenvalue weighted by Gasteiger charge is 2.46. The second-order valence-corrected chi connectivity index (χ2v) is 6.96. The number of esters is 1. The third-order valence-electron chi connectivity index (χ3n) is 4.31. The molecule has 0 aromatic carbocycles. The van der Waals surface area contributed by atoms with Gasteiger partial charge in [0.05, 0.1) is 5.92 Å². The lowest BCUT2D eigenvalue weighted by Crippen LogP contribution is -2.48. The molecule has 0 saturated heterocycles. The van der Waals surface area contributed by atoms with Crippen molar-refractivity contribution < 1.29 is 9.53 Å². The van der Waals surface area contributed by atoms with Crippen LogP contribution in [0.5, 0.6) is 0 Å². The highest BCUT2D eigenvalue weighted by atomic mass is 16.5. The molecule has 1 atom stereocenters. The number of hydrogen-bond donors (Lipinski definition) is 0. The zero-order valence-corrected chi connectivity index (χ0v) is 12.3. The number of hydrogen-bond acceptors (Lipinski definition) is 2.